The van der Waals surface area contributed by atoms with Crippen LogP contribution in [0.4, 0.5) is 0 Å². The molecule has 0 unspecified atom stereocenters. The molecule has 0 amide bonds. The van der Waals surface area contributed by atoms with Gasteiger partial charge < -0.3 is 9.47 Å². The van der Waals surface area contributed by atoms with Crippen molar-refractivity contribution in [1.29, 1.82) is 0 Å². The highest BCUT2D eigenvalue weighted by Gasteiger charge is 2.10. The first-order valence-corrected chi connectivity index (χ1v) is 6.18. The van der Waals surface area contributed by atoms with Crippen molar-refractivity contribution in [1.82, 2.24) is 0 Å². The Morgan fingerprint density at radius 3 is 2.42 bits per heavy atom. The number of rotatable bonds is 5. The summed E-state index contributed by atoms with van der Waals surface area (Å²) in [6.07, 6.45) is 0.474. The zero-order chi connectivity index (χ0) is 13.7. The van der Waals surface area contributed by atoms with Gasteiger partial charge in [-0.05, 0) is 30.3 Å². The van der Waals surface area contributed by atoms with E-state index < -0.39 is 0 Å². The van der Waals surface area contributed by atoms with Crippen LogP contribution in [-0.2, 0) is 0 Å². The van der Waals surface area contributed by atoms with Crippen LogP contribution in [0.25, 0.3) is 0 Å². The van der Waals surface area contributed by atoms with Crippen molar-refractivity contribution in [3.05, 3.63) is 54.1 Å². The van der Waals surface area contributed by atoms with Crippen LogP contribution in [0.5, 0.6) is 17.2 Å². The highest BCUT2D eigenvalue weighted by molar-refractivity contribution is 5.96. The first-order chi connectivity index (χ1) is 9.24. The average Bonchev–Trinajstić information content (AvgIpc) is 2.48. The van der Waals surface area contributed by atoms with E-state index in [1.54, 1.807) is 25.3 Å². The number of methoxy groups -OCH3 is 1. The summed E-state index contributed by atoms with van der Waals surface area (Å²) in [7, 11) is 1.56. The topological polar surface area (TPSA) is 35.5 Å². The van der Waals surface area contributed by atoms with Gasteiger partial charge in [-0.25, -0.2) is 0 Å². The predicted molar refractivity (Wildman–Crippen MR) is 74.1 cm³/mol. The van der Waals surface area contributed by atoms with E-state index in [2.05, 4.69) is 0 Å². The highest BCUT2D eigenvalue weighted by Crippen LogP contribution is 2.32. The quantitative estimate of drug-likeness (QED) is 0.756. The predicted octanol–water partition coefficient (Wildman–Crippen LogP) is 4.08. The van der Waals surface area contributed by atoms with Crippen LogP contribution >= 0.6 is 0 Å². The highest BCUT2D eigenvalue weighted by atomic mass is 16.5. The van der Waals surface area contributed by atoms with Gasteiger partial charge in [-0.3, -0.25) is 4.79 Å². The summed E-state index contributed by atoms with van der Waals surface area (Å²) < 4.78 is 11.0. The molecule has 0 atom stereocenters. The van der Waals surface area contributed by atoms with Crippen LogP contribution in [0.2, 0.25) is 0 Å². The average molecular weight is 256 g/mol. The van der Waals surface area contributed by atoms with Crippen molar-refractivity contribution in [3.63, 3.8) is 0 Å². The van der Waals surface area contributed by atoms with E-state index in [9.17, 15) is 4.79 Å². The lowest BCUT2D eigenvalue weighted by Crippen LogP contribution is -1.98. The first-order valence-electron chi connectivity index (χ1n) is 6.18. The Morgan fingerprint density at radius 1 is 1.05 bits per heavy atom. The number of hydrogen-bond donors (Lipinski definition) is 0. The maximum absolute atomic E-state index is 11.7. The van der Waals surface area contributed by atoms with Gasteiger partial charge in [0.25, 0.3) is 0 Å². The molecule has 0 aromatic heterocycles. The third-order valence-electron chi connectivity index (χ3n) is 2.78. The van der Waals surface area contributed by atoms with Gasteiger partial charge in [0.1, 0.15) is 5.75 Å². The van der Waals surface area contributed by atoms with Crippen LogP contribution < -0.4 is 9.47 Å². The SMILES string of the molecule is CCC(=O)c1ccc(Oc2ccccc2)c(OC)c1. The fourth-order valence-corrected chi connectivity index (χ4v) is 1.74. The Bertz CT molecular complexity index is 561. The summed E-state index contributed by atoms with van der Waals surface area (Å²) in [5.41, 5.74) is 0.639. The third-order valence-corrected chi connectivity index (χ3v) is 2.78. The van der Waals surface area contributed by atoms with Gasteiger partial charge in [0.2, 0.25) is 0 Å². The van der Waals surface area contributed by atoms with Crippen molar-refractivity contribution < 1.29 is 14.3 Å². The number of benzene rings is 2. The molecule has 3 heteroatoms. The van der Waals surface area contributed by atoms with Gasteiger partial charge in [-0.1, -0.05) is 25.1 Å². The van der Waals surface area contributed by atoms with Crippen LogP contribution in [-0.4, -0.2) is 12.9 Å². The smallest absolute Gasteiger partial charge is 0.169 e. The molecule has 2 aromatic rings. The van der Waals surface area contributed by atoms with E-state index >= 15 is 0 Å². The number of hydrogen-bond acceptors (Lipinski definition) is 3. The molecular formula is C16H16O3. The summed E-state index contributed by atoms with van der Waals surface area (Å²) >= 11 is 0. The van der Waals surface area contributed by atoms with Crippen molar-refractivity contribution in [2.75, 3.05) is 7.11 Å². The van der Waals surface area contributed by atoms with Crippen LogP contribution in [0, 0.1) is 0 Å². The van der Waals surface area contributed by atoms with E-state index in [1.807, 2.05) is 37.3 Å². The molecule has 0 radical (unpaired) electrons. The fourth-order valence-electron chi connectivity index (χ4n) is 1.74. The van der Waals surface area contributed by atoms with E-state index in [1.165, 1.54) is 0 Å². The largest absolute Gasteiger partial charge is 0.493 e. The normalized spacial score (nSPS) is 10.0. The van der Waals surface area contributed by atoms with Crippen LogP contribution in [0.1, 0.15) is 23.7 Å². The zero-order valence-corrected chi connectivity index (χ0v) is 11.1. The Morgan fingerprint density at radius 2 is 1.79 bits per heavy atom. The van der Waals surface area contributed by atoms with Crippen molar-refractivity contribution in [2.45, 2.75) is 13.3 Å². The van der Waals surface area contributed by atoms with E-state index in [0.29, 0.717) is 23.5 Å². The Labute approximate surface area is 112 Å². The lowest BCUT2D eigenvalue weighted by molar-refractivity contribution is 0.0988. The number of ketones is 1. The molecule has 0 fully saturated rings. The molecule has 0 bridgehead atoms. The van der Waals surface area contributed by atoms with Gasteiger partial charge in [0.15, 0.2) is 17.3 Å². The molecule has 0 saturated heterocycles. The lowest BCUT2D eigenvalue weighted by atomic mass is 10.1. The second-order valence-corrected chi connectivity index (χ2v) is 4.06. The Kier molecular flexibility index (Phi) is 4.18. The van der Waals surface area contributed by atoms with E-state index in [-0.39, 0.29) is 5.78 Å². The molecule has 0 aliphatic rings. The zero-order valence-electron chi connectivity index (χ0n) is 11.1. The van der Waals surface area contributed by atoms with Crippen molar-refractivity contribution in [3.8, 4) is 17.2 Å². The van der Waals surface area contributed by atoms with Crippen LogP contribution in [0.15, 0.2) is 48.5 Å². The van der Waals surface area contributed by atoms with Crippen molar-refractivity contribution >= 4 is 5.78 Å². The summed E-state index contributed by atoms with van der Waals surface area (Å²) in [4.78, 5) is 11.7. The molecule has 98 valence electrons. The summed E-state index contributed by atoms with van der Waals surface area (Å²) in [6, 6.07) is 14.7. The standard InChI is InChI=1S/C16H16O3/c1-3-14(17)12-9-10-15(16(11-12)18-2)19-13-7-5-4-6-8-13/h4-11H,3H2,1-2H3. The second-order valence-electron chi connectivity index (χ2n) is 4.06. The minimum absolute atomic E-state index is 0.0876. The summed E-state index contributed by atoms with van der Waals surface area (Å²) in [5, 5.41) is 0. The number of carbonyl (C=O) groups excluding carboxylic acids is 1. The van der Waals surface area contributed by atoms with Gasteiger partial charge >= 0.3 is 0 Å². The molecule has 19 heavy (non-hydrogen) atoms. The maximum Gasteiger partial charge on any atom is 0.169 e. The van der Waals surface area contributed by atoms with E-state index in [0.717, 1.165) is 5.75 Å². The van der Waals surface area contributed by atoms with Crippen LogP contribution in [0.3, 0.4) is 0 Å². The third kappa shape index (κ3) is 3.13. The first kappa shape index (κ1) is 13.1. The lowest BCUT2D eigenvalue weighted by Gasteiger charge is -2.11. The second kappa shape index (κ2) is 6.05. The molecule has 3 nitrogen and oxygen atoms in total. The number of carbonyl (C=O) groups is 1. The molecule has 0 heterocycles. The van der Waals surface area contributed by atoms with Gasteiger partial charge in [-0.15, -0.1) is 0 Å². The Balaban J connectivity index is 2.29. The van der Waals surface area contributed by atoms with Gasteiger partial charge in [0, 0.05) is 12.0 Å². The fraction of sp³-hybridized carbons (Fsp3) is 0.188. The van der Waals surface area contributed by atoms with Gasteiger partial charge in [0.05, 0.1) is 7.11 Å². The minimum Gasteiger partial charge on any atom is -0.493 e. The molecule has 0 aliphatic carbocycles. The molecule has 2 aromatic carbocycles. The van der Waals surface area contributed by atoms with Crippen molar-refractivity contribution in [2.24, 2.45) is 0 Å². The molecular weight excluding hydrogens is 240 g/mol. The van der Waals surface area contributed by atoms with Gasteiger partial charge in [-0.2, -0.15) is 0 Å². The monoisotopic (exact) mass is 256 g/mol. The molecule has 2 rings (SSSR count). The molecule has 0 aliphatic heterocycles. The minimum atomic E-state index is 0.0876. The Hall–Kier alpha value is -2.29. The summed E-state index contributed by atoms with van der Waals surface area (Å²) in [5.74, 6) is 1.98. The number of Topliss-reactive ketones (excluding diaryl/α,β-unsaturated/α-hetero) is 1. The summed E-state index contributed by atoms with van der Waals surface area (Å²) in [6.45, 7) is 1.84. The number of ether oxygens (including phenoxy) is 2. The molecule has 0 spiro atoms. The number of para-hydroxylation sites is 1. The molecule has 0 N–H and O–H groups in total. The maximum atomic E-state index is 11.7. The molecule has 0 saturated carbocycles. The van der Waals surface area contributed by atoms with E-state index in [4.69, 9.17) is 9.47 Å².